The van der Waals surface area contributed by atoms with Gasteiger partial charge in [-0.3, -0.25) is 0 Å². The molecule has 0 fully saturated rings. The van der Waals surface area contributed by atoms with Gasteiger partial charge in [-0.2, -0.15) is 0 Å². The van der Waals surface area contributed by atoms with Gasteiger partial charge in [-0.15, -0.1) is 0 Å². The lowest BCUT2D eigenvalue weighted by atomic mass is 10.2. The maximum absolute atomic E-state index is 9.27. The minimum atomic E-state index is -0.0591. The van der Waals surface area contributed by atoms with Crippen molar-refractivity contribution in [3.05, 3.63) is 52.4 Å². The molecule has 18 heavy (non-hydrogen) atoms. The molecule has 1 aromatic carbocycles. The fraction of sp³-hybridized carbons (Fsp3) is 0.231. The summed E-state index contributed by atoms with van der Waals surface area (Å²) < 4.78 is 1.07. The molecule has 0 spiro atoms. The second-order valence-corrected chi connectivity index (χ2v) is 4.83. The third-order valence-electron chi connectivity index (χ3n) is 2.66. The highest BCUT2D eigenvalue weighted by Gasteiger charge is 2.10. The molecule has 0 atom stereocenters. The van der Waals surface area contributed by atoms with E-state index in [2.05, 4.69) is 32.0 Å². The van der Waals surface area contributed by atoms with E-state index in [4.69, 9.17) is 0 Å². The molecule has 0 aliphatic carbocycles. The molecular formula is C13H14BrN3O. The third-order valence-corrected chi connectivity index (χ3v) is 3.44. The predicted molar refractivity (Wildman–Crippen MR) is 74.2 cm³/mol. The second kappa shape index (κ2) is 5.93. The van der Waals surface area contributed by atoms with Crippen LogP contribution in [0.15, 0.2) is 41.3 Å². The van der Waals surface area contributed by atoms with Gasteiger partial charge >= 0.3 is 0 Å². The molecule has 0 aliphatic rings. The molecule has 1 aromatic heterocycles. The Morgan fingerprint density at radius 2 is 2.06 bits per heavy atom. The van der Waals surface area contributed by atoms with Crippen molar-refractivity contribution in [2.75, 3.05) is 11.9 Å². The fourth-order valence-corrected chi connectivity index (χ4v) is 2.17. The minimum absolute atomic E-state index is 0.0591. The Balaban J connectivity index is 2.22. The highest BCUT2D eigenvalue weighted by Crippen LogP contribution is 2.21. The average Bonchev–Trinajstić information content (AvgIpc) is 2.41. The Labute approximate surface area is 114 Å². The van der Waals surface area contributed by atoms with Gasteiger partial charge in [0.05, 0.1) is 6.61 Å². The van der Waals surface area contributed by atoms with Crippen LogP contribution in [-0.4, -0.2) is 22.1 Å². The largest absolute Gasteiger partial charge is 0.391 e. The maximum atomic E-state index is 9.27. The lowest BCUT2D eigenvalue weighted by molar-refractivity contribution is 0.281. The number of hydrogen-bond acceptors (Lipinski definition) is 4. The van der Waals surface area contributed by atoms with E-state index in [1.54, 1.807) is 6.20 Å². The van der Waals surface area contributed by atoms with Crippen LogP contribution in [0, 0.1) is 0 Å². The molecule has 5 heteroatoms. The molecule has 0 saturated heterocycles. The van der Waals surface area contributed by atoms with Crippen LogP contribution in [0.25, 0.3) is 0 Å². The summed E-state index contributed by atoms with van der Waals surface area (Å²) in [6, 6.07) is 8.05. The topological polar surface area (TPSA) is 49.2 Å². The molecule has 2 rings (SSSR count). The van der Waals surface area contributed by atoms with Gasteiger partial charge in [0.25, 0.3) is 0 Å². The second-order valence-electron chi connectivity index (χ2n) is 3.98. The van der Waals surface area contributed by atoms with Gasteiger partial charge < -0.3 is 10.0 Å². The summed E-state index contributed by atoms with van der Waals surface area (Å²) in [5.41, 5.74) is 1.90. The standard InChI is InChI=1S/C13H14BrN3O/c1-17(7-10-4-2-3-5-12(10)14)13-11(8-18)6-15-9-16-13/h2-6,9,18H,7-8H2,1H3. The van der Waals surface area contributed by atoms with Crippen molar-refractivity contribution in [1.82, 2.24) is 9.97 Å². The first-order valence-corrected chi connectivity index (χ1v) is 6.36. The molecule has 4 nitrogen and oxygen atoms in total. The van der Waals surface area contributed by atoms with E-state index in [1.807, 2.05) is 30.1 Å². The summed E-state index contributed by atoms with van der Waals surface area (Å²) in [7, 11) is 1.95. The SMILES string of the molecule is CN(Cc1ccccc1Br)c1ncncc1CO. The Kier molecular flexibility index (Phi) is 4.28. The highest BCUT2D eigenvalue weighted by molar-refractivity contribution is 9.10. The number of halogens is 1. The van der Waals surface area contributed by atoms with Crippen molar-refractivity contribution < 1.29 is 5.11 Å². The van der Waals surface area contributed by atoms with Crippen molar-refractivity contribution in [2.24, 2.45) is 0 Å². The number of hydrogen-bond donors (Lipinski definition) is 1. The normalized spacial score (nSPS) is 10.4. The number of aromatic nitrogens is 2. The molecule has 0 bridgehead atoms. The molecule has 0 radical (unpaired) electrons. The van der Waals surface area contributed by atoms with Gasteiger partial charge in [-0.1, -0.05) is 34.1 Å². The van der Waals surface area contributed by atoms with Crippen LogP contribution in [-0.2, 0) is 13.2 Å². The van der Waals surface area contributed by atoms with Crippen LogP contribution in [0.3, 0.4) is 0 Å². The fourth-order valence-electron chi connectivity index (χ4n) is 1.76. The first-order chi connectivity index (χ1) is 8.72. The summed E-state index contributed by atoms with van der Waals surface area (Å²) in [6.45, 7) is 0.655. The van der Waals surface area contributed by atoms with E-state index in [0.717, 1.165) is 15.9 Å². The number of aliphatic hydroxyl groups is 1. The number of aliphatic hydroxyl groups excluding tert-OH is 1. The Morgan fingerprint density at radius 3 is 2.78 bits per heavy atom. The lowest BCUT2D eigenvalue weighted by Gasteiger charge is -2.20. The van der Waals surface area contributed by atoms with Crippen LogP contribution in [0.5, 0.6) is 0 Å². The summed E-state index contributed by atoms with van der Waals surface area (Å²) in [5.74, 6) is 0.753. The first kappa shape index (κ1) is 13.0. The zero-order chi connectivity index (χ0) is 13.0. The van der Waals surface area contributed by atoms with Crippen molar-refractivity contribution >= 4 is 21.7 Å². The van der Waals surface area contributed by atoms with Crippen LogP contribution in [0.1, 0.15) is 11.1 Å². The third kappa shape index (κ3) is 2.86. The van der Waals surface area contributed by atoms with E-state index in [1.165, 1.54) is 11.9 Å². The Hall–Kier alpha value is -1.46. The maximum Gasteiger partial charge on any atom is 0.137 e. The quantitative estimate of drug-likeness (QED) is 0.942. The van der Waals surface area contributed by atoms with E-state index in [0.29, 0.717) is 6.54 Å². The monoisotopic (exact) mass is 307 g/mol. The number of benzene rings is 1. The Bertz CT molecular complexity index is 533. The van der Waals surface area contributed by atoms with E-state index in [-0.39, 0.29) is 6.61 Å². The van der Waals surface area contributed by atoms with Crippen LogP contribution < -0.4 is 4.90 Å². The van der Waals surface area contributed by atoms with Crippen molar-refractivity contribution in [3.63, 3.8) is 0 Å². The van der Waals surface area contributed by atoms with Gasteiger partial charge in [-0.25, -0.2) is 9.97 Å². The van der Waals surface area contributed by atoms with Gasteiger partial charge in [0.15, 0.2) is 0 Å². The van der Waals surface area contributed by atoms with Gasteiger partial charge in [-0.05, 0) is 11.6 Å². The summed E-state index contributed by atoms with van der Waals surface area (Å²) in [4.78, 5) is 10.1. The number of anilines is 1. The molecule has 0 amide bonds. The number of nitrogens with zero attached hydrogens (tertiary/aromatic N) is 3. The zero-order valence-corrected chi connectivity index (χ0v) is 11.6. The summed E-state index contributed by atoms with van der Waals surface area (Å²) >= 11 is 3.52. The van der Waals surface area contributed by atoms with Crippen molar-refractivity contribution in [3.8, 4) is 0 Å². The van der Waals surface area contributed by atoms with E-state index in [9.17, 15) is 5.11 Å². The Morgan fingerprint density at radius 1 is 1.28 bits per heavy atom. The van der Waals surface area contributed by atoms with Crippen molar-refractivity contribution in [2.45, 2.75) is 13.2 Å². The van der Waals surface area contributed by atoms with Crippen LogP contribution in [0.4, 0.5) is 5.82 Å². The zero-order valence-electron chi connectivity index (χ0n) is 10.0. The summed E-state index contributed by atoms with van der Waals surface area (Å²) in [6.07, 6.45) is 3.13. The molecule has 1 N–H and O–H groups in total. The molecule has 2 aromatic rings. The number of rotatable bonds is 4. The van der Waals surface area contributed by atoms with E-state index < -0.39 is 0 Å². The predicted octanol–water partition coefficient (Wildman–Crippen LogP) is 2.37. The lowest BCUT2D eigenvalue weighted by Crippen LogP contribution is -2.19. The molecule has 1 heterocycles. The van der Waals surface area contributed by atoms with Crippen molar-refractivity contribution in [1.29, 1.82) is 0 Å². The van der Waals surface area contributed by atoms with Crippen LogP contribution in [0.2, 0.25) is 0 Å². The van der Waals surface area contributed by atoms with Crippen LogP contribution >= 0.6 is 15.9 Å². The highest BCUT2D eigenvalue weighted by atomic mass is 79.9. The smallest absolute Gasteiger partial charge is 0.137 e. The molecule has 94 valence electrons. The van der Waals surface area contributed by atoms with Gasteiger partial charge in [0.2, 0.25) is 0 Å². The first-order valence-electron chi connectivity index (χ1n) is 5.56. The molecule has 0 saturated carbocycles. The molecule has 0 aliphatic heterocycles. The molecular weight excluding hydrogens is 294 g/mol. The minimum Gasteiger partial charge on any atom is -0.391 e. The van der Waals surface area contributed by atoms with Gasteiger partial charge in [0.1, 0.15) is 12.1 Å². The average molecular weight is 308 g/mol. The van der Waals surface area contributed by atoms with E-state index >= 15 is 0 Å². The van der Waals surface area contributed by atoms with Gasteiger partial charge in [0, 0.05) is 29.8 Å². The summed E-state index contributed by atoms with van der Waals surface area (Å²) in [5, 5.41) is 9.27. The molecule has 0 unspecified atom stereocenters.